The fourth-order valence-electron chi connectivity index (χ4n) is 5.56. The highest BCUT2D eigenvalue weighted by atomic mass is 16.3. The first-order chi connectivity index (χ1) is 19.8. The number of hydrogen-bond donors (Lipinski definition) is 1. The summed E-state index contributed by atoms with van der Waals surface area (Å²) < 4.78 is 0. The highest BCUT2D eigenvalue weighted by Crippen LogP contribution is 2.38. The lowest BCUT2D eigenvalue weighted by Gasteiger charge is -2.30. The van der Waals surface area contributed by atoms with E-state index in [1.165, 1.54) is 77.0 Å². The molecule has 1 atom stereocenters. The zero-order valence-corrected chi connectivity index (χ0v) is 24.7. The summed E-state index contributed by atoms with van der Waals surface area (Å²) in [6, 6.07) is 31.5. The van der Waals surface area contributed by atoms with Crippen molar-refractivity contribution in [2.75, 3.05) is 0 Å². The molecule has 0 aliphatic rings. The first-order valence-electron chi connectivity index (χ1n) is 15.8. The molecular formula is C39H50O. The molecule has 40 heavy (non-hydrogen) atoms. The Kier molecular flexibility index (Phi) is 15.0. The molecule has 3 aromatic rings. The Hall–Kier alpha value is -3.08. The average Bonchev–Trinajstić information content (AvgIpc) is 3.01. The van der Waals surface area contributed by atoms with Gasteiger partial charge in [0.2, 0.25) is 0 Å². The van der Waals surface area contributed by atoms with E-state index in [0.717, 1.165) is 29.5 Å². The fourth-order valence-corrected chi connectivity index (χ4v) is 5.56. The summed E-state index contributed by atoms with van der Waals surface area (Å²) >= 11 is 0. The molecule has 1 nitrogen and oxygen atoms in total. The van der Waals surface area contributed by atoms with Gasteiger partial charge in [-0.2, -0.15) is 0 Å². The molecule has 0 aromatic heterocycles. The molecule has 1 N–H and O–H groups in total. The van der Waals surface area contributed by atoms with E-state index in [4.69, 9.17) is 0 Å². The van der Waals surface area contributed by atoms with Crippen LogP contribution in [0.25, 0.3) is 0 Å². The van der Waals surface area contributed by atoms with Gasteiger partial charge in [0.1, 0.15) is 5.41 Å². The largest absolute Gasteiger partial charge is 0.389 e. The molecule has 3 aromatic carbocycles. The van der Waals surface area contributed by atoms with Gasteiger partial charge in [0.25, 0.3) is 0 Å². The van der Waals surface area contributed by atoms with Crippen molar-refractivity contribution in [2.24, 2.45) is 0 Å². The maximum absolute atomic E-state index is 10.6. The van der Waals surface area contributed by atoms with Crippen molar-refractivity contribution in [1.82, 2.24) is 0 Å². The van der Waals surface area contributed by atoms with Crippen molar-refractivity contribution in [3.8, 4) is 11.8 Å². The van der Waals surface area contributed by atoms with Crippen LogP contribution in [0.2, 0.25) is 0 Å². The number of unbranched alkanes of at least 4 members (excludes halogenated alkanes) is 12. The quantitative estimate of drug-likeness (QED) is 0.0977. The average molecular weight is 535 g/mol. The Balaban J connectivity index is 1.50. The normalized spacial score (nSPS) is 12.2. The number of rotatable bonds is 18. The van der Waals surface area contributed by atoms with Gasteiger partial charge in [0.05, 0.1) is 6.10 Å². The number of hydrogen-bond acceptors (Lipinski definition) is 1. The van der Waals surface area contributed by atoms with Gasteiger partial charge in [-0.05, 0) is 35.3 Å². The monoisotopic (exact) mass is 534 g/mol. The second-order valence-electron chi connectivity index (χ2n) is 11.1. The summed E-state index contributed by atoms with van der Waals surface area (Å²) in [6.07, 6.45) is 21.5. The molecule has 0 unspecified atom stereocenters. The van der Waals surface area contributed by atoms with Crippen molar-refractivity contribution in [3.63, 3.8) is 0 Å². The van der Waals surface area contributed by atoms with Gasteiger partial charge in [-0.25, -0.2) is 0 Å². The maximum Gasteiger partial charge on any atom is 0.106 e. The topological polar surface area (TPSA) is 20.2 Å². The van der Waals surface area contributed by atoms with Crippen molar-refractivity contribution in [1.29, 1.82) is 0 Å². The predicted molar refractivity (Wildman–Crippen MR) is 172 cm³/mol. The molecule has 0 bridgehead atoms. The van der Waals surface area contributed by atoms with Gasteiger partial charge in [-0.15, -0.1) is 0 Å². The third kappa shape index (κ3) is 10.5. The Labute approximate surface area is 244 Å². The van der Waals surface area contributed by atoms with Gasteiger partial charge < -0.3 is 5.11 Å². The van der Waals surface area contributed by atoms with Gasteiger partial charge >= 0.3 is 0 Å². The van der Waals surface area contributed by atoms with Crippen molar-refractivity contribution >= 4 is 0 Å². The van der Waals surface area contributed by atoms with Crippen LogP contribution in [0.3, 0.4) is 0 Å². The van der Waals surface area contributed by atoms with Crippen LogP contribution < -0.4 is 0 Å². The lowest BCUT2D eigenvalue weighted by molar-refractivity contribution is 0.208. The summed E-state index contributed by atoms with van der Waals surface area (Å²) in [5, 5.41) is 10.6. The first kappa shape index (κ1) is 31.4. The second-order valence-corrected chi connectivity index (χ2v) is 11.1. The predicted octanol–water partition coefficient (Wildman–Crippen LogP) is 10.4. The maximum atomic E-state index is 10.6. The van der Waals surface area contributed by atoms with Crippen molar-refractivity contribution in [3.05, 3.63) is 120 Å². The number of aliphatic hydroxyl groups is 1. The third-order valence-electron chi connectivity index (χ3n) is 7.89. The van der Waals surface area contributed by atoms with Crippen LogP contribution in [0, 0.1) is 11.8 Å². The first-order valence-corrected chi connectivity index (χ1v) is 15.8. The number of benzene rings is 3. The number of allylic oxidation sites excluding steroid dienone is 1. The summed E-state index contributed by atoms with van der Waals surface area (Å²) in [5.74, 6) is 6.92. The van der Waals surface area contributed by atoms with E-state index in [9.17, 15) is 5.11 Å². The summed E-state index contributed by atoms with van der Waals surface area (Å²) in [6.45, 7) is 2.28. The molecule has 0 aliphatic carbocycles. The van der Waals surface area contributed by atoms with Gasteiger partial charge in [-0.1, -0.05) is 193 Å². The van der Waals surface area contributed by atoms with E-state index in [0.29, 0.717) is 0 Å². The molecule has 0 amide bonds. The molecule has 0 spiro atoms. The van der Waals surface area contributed by atoms with Crippen LogP contribution >= 0.6 is 0 Å². The minimum Gasteiger partial charge on any atom is -0.389 e. The SMILES string of the molecule is CCCCCCCCCCCCCCC[C@@H](O)/C=C\C#CC(c1ccccc1)(c1ccccc1)c1ccccc1. The van der Waals surface area contributed by atoms with E-state index in [1.54, 1.807) is 0 Å². The molecular weight excluding hydrogens is 484 g/mol. The molecule has 0 radical (unpaired) electrons. The van der Waals surface area contributed by atoms with Gasteiger partial charge in [0.15, 0.2) is 0 Å². The standard InChI is InChI=1S/C39H50O/c1-2-3-4-5-6-7-8-9-10-11-12-13-23-32-38(40)33-24-25-34-39(35-26-17-14-18-27-35,36-28-19-15-20-29-36)37-30-21-16-22-31-37/h14-22,24,26-31,33,38,40H,2-13,23,32H2,1H3/b33-24-/t38-/m1/s1. The minimum absolute atomic E-state index is 0.443. The smallest absolute Gasteiger partial charge is 0.106 e. The summed E-state index contributed by atoms with van der Waals surface area (Å²) in [7, 11) is 0. The Morgan fingerprint density at radius 2 is 0.950 bits per heavy atom. The van der Waals surface area contributed by atoms with E-state index in [1.807, 2.05) is 30.4 Å². The minimum atomic E-state index is -0.589. The van der Waals surface area contributed by atoms with Gasteiger partial charge in [-0.3, -0.25) is 0 Å². The zero-order chi connectivity index (χ0) is 28.1. The Morgan fingerprint density at radius 3 is 1.35 bits per heavy atom. The van der Waals surface area contributed by atoms with Crippen molar-refractivity contribution < 1.29 is 5.11 Å². The van der Waals surface area contributed by atoms with Crippen LogP contribution in [0.15, 0.2) is 103 Å². The second kappa shape index (κ2) is 19.1. The molecule has 1 heteroatoms. The summed E-state index contributed by atoms with van der Waals surface area (Å²) in [4.78, 5) is 0. The molecule has 3 rings (SSSR count). The van der Waals surface area contributed by atoms with Crippen LogP contribution in [-0.4, -0.2) is 11.2 Å². The lowest BCUT2D eigenvalue weighted by atomic mass is 9.70. The van der Waals surface area contributed by atoms with E-state index < -0.39 is 11.5 Å². The van der Waals surface area contributed by atoms with Crippen molar-refractivity contribution in [2.45, 2.75) is 108 Å². The highest BCUT2D eigenvalue weighted by Gasteiger charge is 2.34. The summed E-state index contributed by atoms with van der Waals surface area (Å²) in [5.41, 5.74) is 2.83. The molecule has 0 aliphatic heterocycles. The number of aliphatic hydroxyl groups excluding tert-OH is 1. The van der Waals surface area contributed by atoms with E-state index in [-0.39, 0.29) is 0 Å². The lowest BCUT2D eigenvalue weighted by Crippen LogP contribution is -2.27. The Morgan fingerprint density at radius 1 is 0.575 bits per heavy atom. The molecule has 0 heterocycles. The molecule has 0 fully saturated rings. The Bertz CT molecular complexity index is 1020. The van der Waals surface area contributed by atoms with Crippen LogP contribution in [0.1, 0.15) is 114 Å². The third-order valence-corrected chi connectivity index (χ3v) is 7.89. The highest BCUT2D eigenvalue weighted by molar-refractivity contribution is 5.58. The fraction of sp³-hybridized carbons (Fsp3) is 0.436. The van der Waals surface area contributed by atoms with Gasteiger partial charge in [0, 0.05) is 0 Å². The zero-order valence-electron chi connectivity index (χ0n) is 24.7. The molecule has 212 valence electrons. The van der Waals surface area contributed by atoms with Crippen LogP contribution in [0.5, 0.6) is 0 Å². The van der Waals surface area contributed by atoms with Crippen LogP contribution in [-0.2, 0) is 5.41 Å². The molecule has 0 saturated heterocycles. The van der Waals surface area contributed by atoms with Crippen LogP contribution in [0.4, 0.5) is 0 Å². The van der Waals surface area contributed by atoms with E-state index in [2.05, 4.69) is 91.6 Å². The van der Waals surface area contributed by atoms with E-state index >= 15 is 0 Å². The molecule has 0 saturated carbocycles.